The number of hydrogen-bond donors (Lipinski definition) is 1. The number of nitrogens with one attached hydrogen (secondary N) is 1. The fourth-order valence-electron chi connectivity index (χ4n) is 2.10. The highest BCUT2D eigenvalue weighted by atomic mass is 35.5. The van der Waals surface area contributed by atoms with E-state index in [9.17, 15) is 18.8 Å². The molecule has 0 radical (unpaired) electrons. The Morgan fingerprint density at radius 2 is 1.82 bits per heavy atom. The van der Waals surface area contributed by atoms with Crippen LogP contribution >= 0.6 is 11.6 Å². The van der Waals surface area contributed by atoms with Crippen LogP contribution in [0.15, 0.2) is 54.6 Å². The van der Waals surface area contributed by atoms with E-state index in [2.05, 4.69) is 5.32 Å². The normalized spacial score (nSPS) is 10.5. The summed E-state index contributed by atoms with van der Waals surface area (Å²) < 4.78 is 17.7. The zero-order chi connectivity index (χ0) is 20.5. The number of halogens is 2. The van der Waals surface area contributed by atoms with Crippen LogP contribution in [0.1, 0.15) is 5.56 Å². The third-order valence-electron chi connectivity index (χ3n) is 3.58. The second-order valence-electron chi connectivity index (χ2n) is 5.77. The van der Waals surface area contributed by atoms with Gasteiger partial charge in [-0.05, 0) is 42.0 Å². The molecule has 0 aliphatic carbocycles. The third-order valence-corrected chi connectivity index (χ3v) is 3.92. The summed E-state index contributed by atoms with van der Waals surface area (Å²) in [6.07, 6.45) is 2.64. The van der Waals surface area contributed by atoms with Gasteiger partial charge in [0.25, 0.3) is 5.91 Å². The molecule has 0 aliphatic rings. The van der Waals surface area contributed by atoms with Gasteiger partial charge in [-0.3, -0.25) is 9.59 Å². The molecule has 0 aliphatic heterocycles. The van der Waals surface area contributed by atoms with Gasteiger partial charge in [-0.15, -0.1) is 0 Å². The van der Waals surface area contributed by atoms with Crippen LogP contribution < -0.4 is 5.32 Å². The number of benzene rings is 2. The highest BCUT2D eigenvalue weighted by Gasteiger charge is 2.14. The first kappa shape index (κ1) is 21.1. The molecule has 0 fully saturated rings. The Labute approximate surface area is 166 Å². The van der Waals surface area contributed by atoms with Crippen molar-refractivity contribution in [2.45, 2.75) is 0 Å². The van der Waals surface area contributed by atoms with Crippen molar-refractivity contribution in [3.05, 3.63) is 71.0 Å². The van der Waals surface area contributed by atoms with Crippen LogP contribution in [0.2, 0.25) is 5.02 Å². The van der Waals surface area contributed by atoms with Gasteiger partial charge in [0.1, 0.15) is 5.82 Å². The summed E-state index contributed by atoms with van der Waals surface area (Å²) in [5.74, 6) is -2.14. The van der Waals surface area contributed by atoms with Crippen molar-refractivity contribution >= 4 is 41.1 Å². The molecule has 8 heteroatoms. The first-order valence-electron chi connectivity index (χ1n) is 8.24. The topological polar surface area (TPSA) is 75.7 Å². The highest BCUT2D eigenvalue weighted by molar-refractivity contribution is 6.32. The van der Waals surface area contributed by atoms with Crippen molar-refractivity contribution in [1.29, 1.82) is 0 Å². The fourth-order valence-corrected chi connectivity index (χ4v) is 2.30. The number of rotatable bonds is 7. The Morgan fingerprint density at radius 1 is 1.14 bits per heavy atom. The van der Waals surface area contributed by atoms with Gasteiger partial charge in [0.2, 0.25) is 5.91 Å². The monoisotopic (exact) mass is 404 g/mol. The predicted octanol–water partition coefficient (Wildman–Crippen LogP) is 3.13. The molecule has 6 nitrogen and oxygen atoms in total. The smallest absolute Gasteiger partial charge is 0.331 e. The molecule has 0 saturated carbocycles. The average Bonchev–Trinajstić information content (AvgIpc) is 2.67. The molecule has 1 N–H and O–H groups in total. The Hall–Kier alpha value is -3.19. The van der Waals surface area contributed by atoms with E-state index in [-0.39, 0.29) is 6.54 Å². The van der Waals surface area contributed by atoms with Crippen LogP contribution in [-0.4, -0.2) is 42.9 Å². The number of carbonyl (C=O) groups excluding carboxylic acids is 3. The van der Waals surface area contributed by atoms with Crippen LogP contribution in [0.5, 0.6) is 0 Å². The summed E-state index contributed by atoms with van der Waals surface area (Å²) in [7, 11) is 1.40. The summed E-state index contributed by atoms with van der Waals surface area (Å²) in [5, 5.41) is 3.01. The summed E-state index contributed by atoms with van der Waals surface area (Å²) in [6, 6.07) is 12.2. The summed E-state index contributed by atoms with van der Waals surface area (Å²) in [4.78, 5) is 36.7. The van der Waals surface area contributed by atoms with Gasteiger partial charge in [0.05, 0.1) is 6.54 Å². The molecule has 0 saturated heterocycles. The van der Waals surface area contributed by atoms with Gasteiger partial charge in [-0.2, -0.15) is 0 Å². The Bertz CT molecular complexity index is 884. The molecule has 0 aromatic heterocycles. The zero-order valence-corrected chi connectivity index (χ0v) is 15.8. The number of carbonyl (C=O) groups is 3. The van der Waals surface area contributed by atoms with Gasteiger partial charge in [-0.25, -0.2) is 9.18 Å². The van der Waals surface area contributed by atoms with E-state index in [1.54, 1.807) is 24.3 Å². The van der Waals surface area contributed by atoms with E-state index in [1.165, 1.54) is 37.4 Å². The third kappa shape index (κ3) is 6.85. The lowest BCUT2D eigenvalue weighted by Crippen LogP contribution is -2.37. The molecule has 0 bridgehead atoms. The van der Waals surface area contributed by atoms with Gasteiger partial charge in [0, 0.05) is 23.8 Å². The fraction of sp³-hybridized carbons (Fsp3) is 0.150. The standard InChI is InChI=1S/C20H18ClFN2O4/c1-24(12-18(25)23-16-9-7-15(22)8-10-16)19(26)13-28-20(27)11-6-14-4-2-3-5-17(14)21/h2-11H,12-13H2,1H3,(H,23,25)/b11-6+. The van der Waals surface area contributed by atoms with Gasteiger partial charge in [0.15, 0.2) is 6.61 Å². The Morgan fingerprint density at radius 3 is 2.50 bits per heavy atom. The van der Waals surface area contributed by atoms with E-state index >= 15 is 0 Å². The molecule has 2 aromatic rings. The molecule has 2 aromatic carbocycles. The van der Waals surface area contributed by atoms with E-state index in [0.717, 1.165) is 11.0 Å². The minimum atomic E-state index is -0.711. The molecule has 146 valence electrons. The molecule has 0 atom stereocenters. The average molecular weight is 405 g/mol. The molecule has 2 amide bonds. The summed E-state index contributed by atoms with van der Waals surface area (Å²) >= 11 is 5.97. The van der Waals surface area contributed by atoms with Crippen molar-refractivity contribution in [2.75, 3.05) is 25.5 Å². The maximum Gasteiger partial charge on any atom is 0.331 e. The van der Waals surface area contributed by atoms with E-state index in [4.69, 9.17) is 16.3 Å². The first-order chi connectivity index (χ1) is 13.3. The van der Waals surface area contributed by atoms with Gasteiger partial charge in [-0.1, -0.05) is 29.8 Å². The number of nitrogens with zero attached hydrogens (tertiary/aromatic N) is 1. The molecular weight excluding hydrogens is 387 g/mol. The number of amides is 2. The zero-order valence-electron chi connectivity index (χ0n) is 15.0. The second-order valence-corrected chi connectivity index (χ2v) is 6.17. The van der Waals surface area contributed by atoms with Crippen LogP contribution in [0.25, 0.3) is 6.08 Å². The van der Waals surface area contributed by atoms with E-state index < -0.39 is 30.2 Å². The van der Waals surface area contributed by atoms with Crippen molar-refractivity contribution in [1.82, 2.24) is 4.90 Å². The Balaban J connectivity index is 1.77. The van der Waals surface area contributed by atoms with Crippen molar-refractivity contribution in [3.8, 4) is 0 Å². The molecule has 28 heavy (non-hydrogen) atoms. The van der Waals surface area contributed by atoms with Crippen LogP contribution in [-0.2, 0) is 19.1 Å². The maximum atomic E-state index is 12.8. The van der Waals surface area contributed by atoms with Gasteiger partial charge >= 0.3 is 5.97 Å². The van der Waals surface area contributed by atoms with Crippen LogP contribution in [0, 0.1) is 5.82 Å². The van der Waals surface area contributed by atoms with Crippen LogP contribution in [0.4, 0.5) is 10.1 Å². The number of ether oxygens (including phenoxy) is 1. The number of esters is 1. The quantitative estimate of drug-likeness (QED) is 0.568. The predicted molar refractivity (Wildman–Crippen MR) is 104 cm³/mol. The lowest BCUT2D eigenvalue weighted by Gasteiger charge is -2.16. The number of anilines is 1. The lowest BCUT2D eigenvalue weighted by atomic mass is 10.2. The molecule has 0 unspecified atom stereocenters. The van der Waals surface area contributed by atoms with Crippen LogP contribution in [0.3, 0.4) is 0 Å². The minimum absolute atomic E-state index is 0.247. The Kier molecular flexibility index (Phi) is 7.71. The van der Waals surface area contributed by atoms with E-state index in [0.29, 0.717) is 16.3 Å². The van der Waals surface area contributed by atoms with Crippen molar-refractivity contribution in [2.24, 2.45) is 0 Å². The SMILES string of the molecule is CN(CC(=O)Nc1ccc(F)cc1)C(=O)COC(=O)/C=C/c1ccccc1Cl. The largest absolute Gasteiger partial charge is 0.452 e. The minimum Gasteiger partial charge on any atom is -0.452 e. The van der Waals surface area contributed by atoms with Crippen molar-refractivity contribution in [3.63, 3.8) is 0 Å². The van der Waals surface area contributed by atoms with Gasteiger partial charge < -0.3 is 15.0 Å². The number of hydrogen-bond acceptors (Lipinski definition) is 4. The second kappa shape index (κ2) is 10.2. The lowest BCUT2D eigenvalue weighted by molar-refractivity contribution is -0.148. The summed E-state index contributed by atoms with van der Waals surface area (Å²) in [6.45, 7) is -0.755. The number of likely N-dealkylation sites (N-methyl/N-ethyl adjacent to an activating group) is 1. The first-order valence-corrected chi connectivity index (χ1v) is 8.61. The molecule has 0 heterocycles. The highest BCUT2D eigenvalue weighted by Crippen LogP contribution is 2.16. The van der Waals surface area contributed by atoms with E-state index in [1.807, 2.05) is 0 Å². The molecular formula is C20H18ClFN2O4. The summed E-state index contributed by atoms with van der Waals surface area (Å²) in [5.41, 5.74) is 1.05. The molecule has 0 spiro atoms. The van der Waals surface area contributed by atoms with Crippen molar-refractivity contribution < 1.29 is 23.5 Å². The maximum absolute atomic E-state index is 12.8. The molecule has 2 rings (SSSR count).